The maximum absolute atomic E-state index is 2.47. The molecule has 0 amide bonds. The number of rotatable bonds is 8. The highest BCUT2D eigenvalue weighted by molar-refractivity contribution is 6.22. The van der Waals surface area contributed by atoms with Crippen molar-refractivity contribution in [3.8, 4) is 55.6 Å². The summed E-state index contributed by atoms with van der Waals surface area (Å²) in [5.41, 5.74) is 19.2. The second-order valence-corrected chi connectivity index (χ2v) is 17.3. The molecule has 0 N–H and O–H groups in total. The average Bonchev–Trinajstić information content (AvgIpc) is 3.66. The molecule has 0 fully saturated rings. The van der Waals surface area contributed by atoms with Crippen molar-refractivity contribution in [3.05, 3.63) is 271 Å². The third-order valence-corrected chi connectivity index (χ3v) is 13.7. The fourth-order valence-electron chi connectivity index (χ4n) is 10.7. The van der Waals surface area contributed by atoms with E-state index in [1.54, 1.807) is 0 Å². The zero-order valence-electron chi connectivity index (χ0n) is 36.2. The van der Waals surface area contributed by atoms with Gasteiger partial charge in [-0.25, -0.2) is 0 Å². The molecule has 65 heavy (non-hydrogen) atoms. The number of anilines is 3. The van der Waals surface area contributed by atoms with Crippen LogP contribution in [0.3, 0.4) is 0 Å². The van der Waals surface area contributed by atoms with Crippen LogP contribution in [0.25, 0.3) is 77.2 Å². The van der Waals surface area contributed by atoms with Crippen molar-refractivity contribution in [3.63, 3.8) is 0 Å². The Morgan fingerprint density at radius 1 is 0.292 bits per heavy atom. The molecule has 0 aliphatic heterocycles. The Balaban J connectivity index is 1.05. The summed E-state index contributed by atoms with van der Waals surface area (Å²) in [7, 11) is 0. The molecular formula is C64H45N. The molecular weight excluding hydrogens is 783 g/mol. The lowest BCUT2D eigenvalue weighted by Crippen LogP contribution is -2.22. The van der Waals surface area contributed by atoms with Crippen molar-refractivity contribution in [2.45, 2.75) is 12.3 Å². The van der Waals surface area contributed by atoms with E-state index < -0.39 is 0 Å². The molecule has 11 aromatic rings. The molecule has 0 radical (unpaired) electrons. The Morgan fingerprint density at radius 2 is 0.785 bits per heavy atom. The Labute approximate surface area is 381 Å². The third-order valence-electron chi connectivity index (χ3n) is 13.7. The molecule has 1 unspecified atom stereocenters. The maximum Gasteiger partial charge on any atom is 0.0543 e. The van der Waals surface area contributed by atoms with Crippen molar-refractivity contribution in [1.29, 1.82) is 0 Å². The minimum Gasteiger partial charge on any atom is -0.310 e. The highest BCUT2D eigenvalue weighted by Gasteiger charge is 2.42. The van der Waals surface area contributed by atoms with Gasteiger partial charge in [-0.3, -0.25) is 0 Å². The number of benzene rings is 11. The zero-order chi connectivity index (χ0) is 43.3. The fourth-order valence-corrected chi connectivity index (χ4v) is 10.7. The minimum atomic E-state index is -0.314. The largest absolute Gasteiger partial charge is 0.310 e. The molecule has 12 rings (SSSR count). The number of hydrogen-bond donors (Lipinski definition) is 0. The molecule has 1 nitrogen and oxygen atoms in total. The summed E-state index contributed by atoms with van der Waals surface area (Å²) in [5.74, 6) is 0. The molecule has 1 aliphatic carbocycles. The van der Waals surface area contributed by atoms with Gasteiger partial charge in [0.2, 0.25) is 0 Å². The van der Waals surface area contributed by atoms with Gasteiger partial charge in [0.05, 0.1) is 5.69 Å². The Bertz CT molecular complexity index is 3520. The van der Waals surface area contributed by atoms with Gasteiger partial charge in [-0.15, -0.1) is 0 Å². The van der Waals surface area contributed by atoms with Crippen molar-refractivity contribution in [1.82, 2.24) is 0 Å². The molecule has 11 aromatic carbocycles. The first kappa shape index (κ1) is 38.4. The molecule has 0 bridgehead atoms. The van der Waals surface area contributed by atoms with Crippen LogP contribution in [0, 0.1) is 0 Å². The van der Waals surface area contributed by atoms with Crippen LogP contribution in [-0.4, -0.2) is 0 Å². The Hall–Kier alpha value is -8.26. The minimum absolute atomic E-state index is 0.314. The van der Waals surface area contributed by atoms with E-state index >= 15 is 0 Å². The molecule has 0 spiro atoms. The van der Waals surface area contributed by atoms with E-state index in [1.165, 1.54) is 93.9 Å². The fraction of sp³-hybridized carbons (Fsp3) is 0.0312. The molecule has 1 heteroatoms. The van der Waals surface area contributed by atoms with Gasteiger partial charge in [-0.05, 0) is 132 Å². The average molecular weight is 828 g/mol. The smallest absolute Gasteiger partial charge is 0.0543 e. The molecule has 306 valence electrons. The van der Waals surface area contributed by atoms with E-state index in [1.807, 2.05) is 0 Å². The number of fused-ring (bicyclic) bond motifs is 6. The lowest BCUT2D eigenvalue weighted by Gasteiger charge is -2.31. The predicted octanol–water partition coefficient (Wildman–Crippen LogP) is 17.5. The Morgan fingerprint density at radius 3 is 1.49 bits per heavy atom. The topological polar surface area (TPSA) is 3.24 Å². The van der Waals surface area contributed by atoms with Gasteiger partial charge in [0.1, 0.15) is 0 Å². The summed E-state index contributed by atoms with van der Waals surface area (Å²) < 4.78 is 0. The van der Waals surface area contributed by atoms with Crippen LogP contribution in [0.2, 0.25) is 0 Å². The van der Waals surface area contributed by atoms with Crippen LogP contribution in [0.15, 0.2) is 255 Å². The van der Waals surface area contributed by atoms with Crippen LogP contribution < -0.4 is 4.90 Å². The first-order valence-corrected chi connectivity index (χ1v) is 22.6. The van der Waals surface area contributed by atoms with Gasteiger partial charge in [-0.2, -0.15) is 0 Å². The first-order valence-electron chi connectivity index (χ1n) is 22.6. The maximum atomic E-state index is 2.47. The van der Waals surface area contributed by atoms with E-state index in [0.29, 0.717) is 0 Å². The molecule has 0 aromatic heterocycles. The summed E-state index contributed by atoms with van der Waals surface area (Å²) in [6.07, 6.45) is 0. The highest BCUT2D eigenvalue weighted by Crippen LogP contribution is 2.57. The van der Waals surface area contributed by atoms with Crippen LogP contribution in [0.4, 0.5) is 17.1 Å². The van der Waals surface area contributed by atoms with Crippen LogP contribution in [0.5, 0.6) is 0 Å². The number of nitrogens with zero attached hydrogens (tertiary/aromatic N) is 1. The lowest BCUT2D eigenvalue weighted by molar-refractivity contribution is 0.714. The van der Waals surface area contributed by atoms with Gasteiger partial charge in [0.25, 0.3) is 0 Å². The van der Waals surface area contributed by atoms with E-state index in [-0.39, 0.29) is 5.41 Å². The molecule has 0 saturated heterocycles. The van der Waals surface area contributed by atoms with Gasteiger partial charge >= 0.3 is 0 Å². The van der Waals surface area contributed by atoms with E-state index in [4.69, 9.17) is 0 Å². The van der Waals surface area contributed by atoms with E-state index in [9.17, 15) is 0 Å². The van der Waals surface area contributed by atoms with Crippen molar-refractivity contribution in [2.75, 3.05) is 4.90 Å². The Kier molecular flexibility index (Phi) is 9.35. The van der Waals surface area contributed by atoms with Gasteiger partial charge in [-0.1, -0.05) is 218 Å². The first-order chi connectivity index (χ1) is 32.1. The molecule has 0 saturated carbocycles. The summed E-state index contributed by atoms with van der Waals surface area (Å²) in [6.45, 7) is 2.39. The second-order valence-electron chi connectivity index (χ2n) is 17.3. The number of hydrogen-bond acceptors (Lipinski definition) is 1. The van der Waals surface area contributed by atoms with E-state index in [0.717, 1.165) is 17.1 Å². The molecule has 1 aliphatic rings. The summed E-state index contributed by atoms with van der Waals surface area (Å²) in [6, 6.07) is 93.5. The summed E-state index contributed by atoms with van der Waals surface area (Å²) in [5, 5.41) is 5.02. The SMILES string of the molecule is CC1(c2ccccc2)c2ccccc2-c2c(N(c3ccc(-c4ccc5c(c4)c(-c4ccccc4)c(-c4ccccc4)c4ccccc45)cc3)c3cccc(-c4ccccc4)c3)cccc21. The zero-order valence-corrected chi connectivity index (χ0v) is 36.2. The van der Waals surface area contributed by atoms with Crippen LogP contribution in [-0.2, 0) is 5.41 Å². The molecule has 0 heterocycles. The molecule has 1 atom stereocenters. The van der Waals surface area contributed by atoms with Crippen molar-refractivity contribution >= 4 is 38.6 Å². The quantitative estimate of drug-likeness (QED) is 0.138. The second kappa shape index (κ2) is 15.8. The summed E-state index contributed by atoms with van der Waals surface area (Å²) >= 11 is 0. The predicted molar refractivity (Wildman–Crippen MR) is 275 cm³/mol. The summed E-state index contributed by atoms with van der Waals surface area (Å²) in [4.78, 5) is 2.47. The van der Waals surface area contributed by atoms with Gasteiger partial charge in [0.15, 0.2) is 0 Å². The van der Waals surface area contributed by atoms with Crippen LogP contribution >= 0.6 is 0 Å². The van der Waals surface area contributed by atoms with Crippen molar-refractivity contribution in [2.24, 2.45) is 0 Å². The van der Waals surface area contributed by atoms with Gasteiger partial charge in [0, 0.05) is 22.4 Å². The van der Waals surface area contributed by atoms with E-state index in [2.05, 4.69) is 267 Å². The normalized spacial score (nSPS) is 14.0. The van der Waals surface area contributed by atoms with Crippen LogP contribution in [0.1, 0.15) is 23.6 Å². The highest BCUT2D eigenvalue weighted by atomic mass is 15.1. The monoisotopic (exact) mass is 827 g/mol. The lowest BCUT2D eigenvalue weighted by atomic mass is 9.74. The van der Waals surface area contributed by atoms with Crippen molar-refractivity contribution < 1.29 is 0 Å². The van der Waals surface area contributed by atoms with Gasteiger partial charge < -0.3 is 4.90 Å². The third kappa shape index (κ3) is 6.39. The standard InChI is InChI=1S/C64H45N/c1-64(50-27-12-5-13-28-50)58-33-17-16-32-56(58)63-59(64)34-19-35-60(63)65(52-29-18-26-48(42-52)44-20-6-2-7-21-44)51-39-36-45(37-40-51)49-38-41-54-53-30-14-15-31-55(53)61(46-22-8-3-9-23-46)62(57(54)43-49)47-24-10-4-11-25-47/h2-43H,1H3.